The Bertz CT molecular complexity index is 1060. The highest BCUT2D eigenvalue weighted by Gasteiger charge is 2.30. The number of hydrogen-bond acceptors (Lipinski definition) is 8. The van der Waals surface area contributed by atoms with Crippen LogP contribution in [0.25, 0.3) is 0 Å². The third kappa shape index (κ3) is 6.01. The molecule has 9 heteroatoms. The van der Waals surface area contributed by atoms with Crippen molar-refractivity contribution >= 4 is 23.5 Å². The lowest BCUT2D eigenvalue weighted by Gasteiger charge is -2.30. The number of ketones is 1. The van der Waals surface area contributed by atoms with Crippen molar-refractivity contribution in [2.24, 2.45) is 5.92 Å². The van der Waals surface area contributed by atoms with E-state index in [1.165, 1.54) is 19.4 Å². The summed E-state index contributed by atoms with van der Waals surface area (Å²) in [4.78, 5) is 33.8. The molecule has 1 aliphatic rings. The molecule has 0 spiro atoms. The van der Waals surface area contributed by atoms with E-state index in [1.54, 1.807) is 0 Å². The number of carbonyl (C=O) groups is 2. The van der Waals surface area contributed by atoms with E-state index in [4.69, 9.17) is 15.2 Å². The molecular weight excluding hydrogens is 439 g/mol. The molecule has 2 aromatic rings. The Morgan fingerprint density at radius 1 is 1.18 bits per heavy atom. The van der Waals surface area contributed by atoms with Crippen molar-refractivity contribution in [3.8, 4) is 5.75 Å². The van der Waals surface area contributed by atoms with Crippen molar-refractivity contribution < 1.29 is 23.5 Å². The molecule has 3 N–H and O–H groups in total. The third-order valence-corrected chi connectivity index (χ3v) is 5.86. The lowest BCUT2D eigenvalue weighted by molar-refractivity contribution is -0.161. The first-order valence-electron chi connectivity index (χ1n) is 11.5. The Labute approximate surface area is 199 Å². The number of esters is 1. The Balaban J connectivity index is 1.67. The molecule has 1 aliphatic carbocycles. The van der Waals surface area contributed by atoms with Gasteiger partial charge in [0, 0.05) is 12.2 Å². The zero-order valence-electron chi connectivity index (χ0n) is 20.4. The van der Waals surface area contributed by atoms with Gasteiger partial charge in [-0.2, -0.15) is 4.98 Å². The summed E-state index contributed by atoms with van der Waals surface area (Å²) in [6.07, 6.45) is 4.74. The minimum atomic E-state index is -0.514. The van der Waals surface area contributed by atoms with E-state index in [9.17, 15) is 14.0 Å². The van der Waals surface area contributed by atoms with Crippen molar-refractivity contribution in [3.63, 3.8) is 0 Å². The summed E-state index contributed by atoms with van der Waals surface area (Å²) >= 11 is 0. The molecule has 1 heterocycles. The molecule has 3 rings (SSSR count). The van der Waals surface area contributed by atoms with Crippen LogP contribution in [0.5, 0.6) is 5.75 Å². The van der Waals surface area contributed by atoms with E-state index in [2.05, 4.69) is 15.3 Å². The van der Waals surface area contributed by atoms with Gasteiger partial charge in [0.1, 0.15) is 23.0 Å². The topological polar surface area (TPSA) is 116 Å². The molecule has 0 aliphatic heterocycles. The van der Waals surface area contributed by atoms with E-state index < -0.39 is 17.2 Å². The average Bonchev–Trinajstić information content (AvgIpc) is 2.78. The molecule has 0 radical (unpaired) electrons. The van der Waals surface area contributed by atoms with Crippen LogP contribution in [0.1, 0.15) is 74.9 Å². The molecule has 0 bridgehead atoms. The van der Waals surface area contributed by atoms with Gasteiger partial charge in [0.25, 0.3) is 0 Å². The number of aryl methyl sites for hydroxylation is 1. The molecule has 1 aromatic carbocycles. The highest BCUT2D eigenvalue weighted by Crippen LogP contribution is 2.30. The summed E-state index contributed by atoms with van der Waals surface area (Å²) < 4.78 is 25.1. The fraction of sp³-hybridized carbons (Fsp3) is 0.520. The molecule has 0 amide bonds. The van der Waals surface area contributed by atoms with Crippen LogP contribution in [-0.4, -0.2) is 40.5 Å². The number of ether oxygens (including phenoxy) is 2. The van der Waals surface area contributed by atoms with Gasteiger partial charge in [-0.05, 0) is 70.6 Å². The number of nitrogens with two attached hydrogens (primary N) is 1. The summed E-state index contributed by atoms with van der Waals surface area (Å²) in [6, 6.07) is 2.76. The van der Waals surface area contributed by atoms with Gasteiger partial charge in [-0.1, -0.05) is 6.92 Å². The van der Waals surface area contributed by atoms with Crippen molar-refractivity contribution in [3.05, 3.63) is 40.8 Å². The first-order chi connectivity index (χ1) is 16.0. The van der Waals surface area contributed by atoms with Gasteiger partial charge in [-0.25, -0.2) is 9.37 Å². The molecule has 0 atom stereocenters. The molecule has 8 nitrogen and oxygen atoms in total. The molecule has 1 fully saturated rings. The van der Waals surface area contributed by atoms with Gasteiger partial charge in [-0.3, -0.25) is 9.59 Å². The second-order valence-electron chi connectivity index (χ2n) is 9.55. The van der Waals surface area contributed by atoms with Crippen LogP contribution in [0.15, 0.2) is 18.3 Å². The van der Waals surface area contributed by atoms with E-state index in [0.29, 0.717) is 30.8 Å². The van der Waals surface area contributed by atoms with Crippen LogP contribution < -0.4 is 15.8 Å². The number of hydrogen-bond donors (Lipinski definition) is 2. The number of nitrogens with one attached hydrogen (secondary N) is 1. The second kappa shape index (κ2) is 10.4. The van der Waals surface area contributed by atoms with Gasteiger partial charge in [0.05, 0.1) is 24.2 Å². The number of rotatable bonds is 7. The van der Waals surface area contributed by atoms with Crippen LogP contribution in [0.2, 0.25) is 0 Å². The van der Waals surface area contributed by atoms with Gasteiger partial charge in [0.2, 0.25) is 11.7 Å². The quantitative estimate of drug-likeness (QED) is 0.452. The molecule has 184 valence electrons. The average molecular weight is 473 g/mol. The summed E-state index contributed by atoms with van der Waals surface area (Å²) in [5.41, 5.74) is 6.16. The number of anilines is 2. The maximum atomic E-state index is 14.3. The highest BCUT2D eigenvalue weighted by atomic mass is 19.1. The largest absolute Gasteiger partial charge is 0.496 e. The third-order valence-electron chi connectivity index (χ3n) is 5.86. The maximum absolute atomic E-state index is 14.3. The molecule has 0 unspecified atom stereocenters. The molecule has 1 aromatic heterocycles. The van der Waals surface area contributed by atoms with Crippen LogP contribution >= 0.6 is 0 Å². The van der Waals surface area contributed by atoms with Crippen LogP contribution in [-0.2, 0) is 16.0 Å². The first kappa shape index (κ1) is 25.4. The zero-order valence-corrected chi connectivity index (χ0v) is 20.4. The summed E-state index contributed by atoms with van der Waals surface area (Å²) in [6.45, 7) is 7.41. The van der Waals surface area contributed by atoms with Crippen LogP contribution in [0.3, 0.4) is 0 Å². The van der Waals surface area contributed by atoms with Crippen LogP contribution in [0.4, 0.5) is 16.2 Å². The number of carbonyl (C=O) groups excluding carboxylic acids is 2. The number of nitrogens with zero attached hydrogens (tertiary/aromatic N) is 2. The Hall–Kier alpha value is -3.23. The van der Waals surface area contributed by atoms with Crippen LogP contribution in [0, 0.1) is 11.7 Å². The normalized spacial score (nSPS) is 18.3. The Kier molecular flexibility index (Phi) is 7.74. The van der Waals surface area contributed by atoms with Gasteiger partial charge >= 0.3 is 5.97 Å². The summed E-state index contributed by atoms with van der Waals surface area (Å²) in [5, 5.41) is 3.23. The fourth-order valence-corrected chi connectivity index (χ4v) is 4.04. The van der Waals surface area contributed by atoms with E-state index in [0.717, 1.165) is 18.9 Å². The summed E-state index contributed by atoms with van der Waals surface area (Å²) in [5.74, 6) is -0.703. The van der Waals surface area contributed by atoms with Crippen molar-refractivity contribution in [1.82, 2.24) is 9.97 Å². The number of aromatic nitrogens is 2. The van der Waals surface area contributed by atoms with Crippen molar-refractivity contribution in [2.75, 3.05) is 18.2 Å². The number of methoxy groups -OCH3 is 1. The second-order valence-corrected chi connectivity index (χ2v) is 9.55. The standard InChI is InChI=1S/C25H33FN4O4/c1-6-14-11-20(33-5)17(12-19(14)26)21(31)18-13-28-24(30-22(18)27)29-16-9-7-15(8-10-16)23(32)34-25(2,3)4/h11-13,15-16H,6-10H2,1-5H3,(H3,27,28,29,30). The minimum absolute atomic E-state index is 0.00743. The summed E-state index contributed by atoms with van der Waals surface area (Å²) in [7, 11) is 1.42. The number of halogens is 1. The van der Waals surface area contributed by atoms with Gasteiger partial charge < -0.3 is 20.5 Å². The SMILES string of the molecule is CCc1cc(OC)c(C(=O)c2cnc(NC3CCC(C(=O)OC(C)(C)C)CC3)nc2N)cc1F. The zero-order chi connectivity index (χ0) is 25.0. The predicted molar refractivity (Wildman–Crippen MR) is 127 cm³/mol. The smallest absolute Gasteiger partial charge is 0.309 e. The maximum Gasteiger partial charge on any atom is 0.309 e. The monoisotopic (exact) mass is 472 g/mol. The van der Waals surface area contributed by atoms with Gasteiger partial charge in [-0.15, -0.1) is 0 Å². The minimum Gasteiger partial charge on any atom is -0.496 e. The number of nitrogen functional groups attached to an aromatic ring is 1. The Morgan fingerprint density at radius 3 is 2.41 bits per heavy atom. The van der Waals surface area contributed by atoms with Gasteiger partial charge in [0.15, 0.2) is 0 Å². The molecule has 34 heavy (non-hydrogen) atoms. The number of benzene rings is 1. The lowest BCUT2D eigenvalue weighted by Crippen LogP contribution is -2.34. The predicted octanol–water partition coefficient (Wildman–Crippen LogP) is 4.31. The van der Waals surface area contributed by atoms with Crippen molar-refractivity contribution in [2.45, 2.75) is 71.4 Å². The van der Waals surface area contributed by atoms with E-state index >= 15 is 0 Å². The fourth-order valence-electron chi connectivity index (χ4n) is 4.04. The first-order valence-corrected chi connectivity index (χ1v) is 11.5. The Morgan fingerprint density at radius 2 is 1.85 bits per heavy atom. The lowest BCUT2D eigenvalue weighted by atomic mass is 9.86. The van der Waals surface area contributed by atoms with Crippen molar-refractivity contribution in [1.29, 1.82) is 0 Å². The molecule has 0 saturated heterocycles. The van der Waals surface area contributed by atoms with E-state index in [1.807, 2.05) is 27.7 Å². The van der Waals surface area contributed by atoms with E-state index in [-0.39, 0.29) is 40.6 Å². The molecular formula is C25H33FN4O4. The molecule has 1 saturated carbocycles. The highest BCUT2D eigenvalue weighted by molar-refractivity contribution is 6.13.